The second-order valence-corrected chi connectivity index (χ2v) is 10.9. The summed E-state index contributed by atoms with van der Waals surface area (Å²) in [6.45, 7) is 13.6. The first-order valence-corrected chi connectivity index (χ1v) is 11.2. The molecule has 3 rings (SSSR count). The summed E-state index contributed by atoms with van der Waals surface area (Å²) in [6, 6.07) is 5.62. The van der Waals surface area contributed by atoms with Crippen LogP contribution in [-0.2, 0) is 18.4 Å². The molecule has 1 unspecified atom stereocenters. The van der Waals surface area contributed by atoms with E-state index in [2.05, 4.69) is 9.71 Å². The quantitative estimate of drug-likeness (QED) is 0.637. The first-order valence-electron chi connectivity index (χ1n) is 10.0. The number of benzene rings is 1. The van der Waals surface area contributed by atoms with Crippen molar-refractivity contribution < 1.29 is 4.55 Å². The lowest BCUT2D eigenvalue weighted by Gasteiger charge is -2.27. The Kier molecular flexibility index (Phi) is 6.09. The van der Waals surface area contributed by atoms with E-state index in [-0.39, 0.29) is 11.6 Å². The molecule has 0 bridgehead atoms. The third-order valence-electron chi connectivity index (χ3n) is 5.15. The summed E-state index contributed by atoms with van der Waals surface area (Å²) >= 11 is -1.25. The minimum absolute atomic E-state index is 0.107. The Labute approximate surface area is 181 Å². The number of aryl methyl sites for hydroxylation is 3. The van der Waals surface area contributed by atoms with Gasteiger partial charge in [-0.05, 0) is 71.7 Å². The van der Waals surface area contributed by atoms with Gasteiger partial charge in [0.25, 0.3) is 5.56 Å². The van der Waals surface area contributed by atoms with Crippen LogP contribution in [0.1, 0.15) is 56.1 Å². The fraction of sp³-hybridized carbons (Fsp3) is 0.435. The summed E-state index contributed by atoms with van der Waals surface area (Å²) < 4.78 is 17.0. The molecular weight excluding hydrogens is 396 g/mol. The molecule has 0 fully saturated rings. The number of nitrogens with zero attached hydrogens (tertiary/aromatic N) is 3. The number of nitrogens with one attached hydrogen (secondary N) is 1. The average Bonchev–Trinajstić information content (AvgIpc) is 2.64. The SMILES string of the molecule is Cc1cc(C(C)N[S@+]([O-])C(C)(C)C)c2nc(-c3cnc(C)cc3C)n(C)c(=O)c2c1. The van der Waals surface area contributed by atoms with Crippen LogP contribution in [0.2, 0.25) is 0 Å². The van der Waals surface area contributed by atoms with Gasteiger partial charge in [-0.3, -0.25) is 14.3 Å². The molecule has 1 aromatic carbocycles. The van der Waals surface area contributed by atoms with E-state index in [1.54, 1.807) is 17.8 Å². The van der Waals surface area contributed by atoms with Gasteiger partial charge < -0.3 is 4.55 Å². The van der Waals surface area contributed by atoms with Gasteiger partial charge in [-0.15, -0.1) is 4.72 Å². The zero-order chi connectivity index (χ0) is 22.4. The molecule has 2 heterocycles. The number of fused-ring (bicyclic) bond motifs is 1. The highest BCUT2D eigenvalue weighted by atomic mass is 32.2. The molecule has 0 saturated carbocycles. The van der Waals surface area contributed by atoms with Crippen LogP contribution in [0.3, 0.4) is 0 Å². The van der Waals surface area contributed by atoms with E-state index in [0.29, 0.717) is 16.7 Å². The Morgan fingerprint density at radius 3 is 2.43 bits per heavy atom. The third-order valence-corrected chi connectivity index (χ3v) is 6.83. The highest BCUT2D eigenvalue weighted by molar-refractivity contribution is 7.90. The number of hydrogen-bond acceptors (Lipinski definition) is 5. The highest BCUT2D eigenvalue weighted by Crippen LogP contribution is 2.28. The molecule has 6 nitrogen and oxygen atoms in total. The predicted octanol–water partition coefficient (Wildman–Crippen LogP) is 4.03. The first kappa shape index (κ1) is 22.5. The Balaban J connectivity index is 2.24. The van der Waals surface area contributed by atoms with Gasteiger partial charge in [0.2, 0.25) is 0 Å². The maximum absolute atomic E-state index is 13.2. The van der Waals surface area contributed by atoms with Crippen molar-refractivity contribution in [1.29, 1.82) is 0 Å². The van der Waals surface area contributed by atoms with Crippen LogP contribution in [-0.4, -0.2) is 23.8 Å². The molecule has 0 aliphatic heterocycles. The summed E-state index contributed by atoms with van der Waals surface area (Å²) in [6.07, 6.45) is 1.77. The lowest BCUT2D eigenvalue weighted by atomic mass is 10.0. The standard InChI is InChI=1S/C23H30N4O2S/c1-13-9-17(16(4)26-30(29)23(5,6)7)20-18(10-13)22(28)27(8)21(25-20)19-12-24-15(3)11-14(19)2/h9-12,16,26H,1-8H3/t16?,30-/m1/s1. The van der Waals surface area contributed by atoms with Crippen LogP contribution in [0.15, 0.2) is 29.2 Å². The second kappa shape index (κ2) is 8.13. The molecule has 0 radical (unpaired) electrons. The van der Waals surface area contributed by atoms with E-state index in [4.69, 9.17) is 4.98 Å². The van der Waals surface area contributed by atoms with Gasteiger partial charge in [-0.2, -0.15) is 0 Å². The van der Waals surface area contributed by atoms with E-state index in [1.165, 1.54) is 0 Å². The molecule has 3 aromatic rings. The van der Waals surface area contributed by atoms with E-state index in [9.17, 15) is 9.35 Å². The smallest absolute Gasteiger partial charge is 0.261 e. The number of rotatable bonds is 4. The normalized spacial score (nSPS) is 14.2. The first-order chi connectivity index (χ1) is 13.9. The number of aromatic nitrogens is 3. The van der Waals surface area contributed by atoms with E-state index >= 15 is 0 Å². The minimum Gasteiger partial charge on any atom is -0.598 e. The van der Waals surface area contributed by atoms with Crippen molar-refractivity contribution in [3.63, 3.8) is 0 Å². The molecule has 0 spiro atoms. The molecule has 30 heavy (non-hydrogen) atoms. The van der Waals surface area contributed by atoms with Crippen LogP contribution in [0, 0.1) is 20.8 Å². The van der Waals surface area contributed by atoms with Gasteiger partial charge in [0, 0.05) is 41.4 Å². The molecule has 7 heteroatoms. The Hall–Kier alpha value is -2.22. The van der Waals surface area contributed by atoms with Crippen molar-refractivity contribution in [2.45, 2.75) is 59.3 Å². The maximum atomic E-state index is 13.2. The molecule has 160 valence electrons. The van der Waals surface area contributed by atoms with Crippen molar-refractivity contribution in [3.8, 4) is 11.4 Å². The molecule has 2 atom stereocenters. The lowest BCUT2D eigenvalue weighted by molar-refractivity contribution is 0.531. The predicted molar refractivity (Wildman–Crippen MR) is 124 cm³/mol. The summed E-state index contributed by atoms with van der Waals surface area (Å²) in [5.41, 5.74) is 5.10. The number of hydrogen-bond donors (Lipinski definition) is 1. The lowest BCUT2D eigenvalue weighted by Crippen LogP contribution is -2.40. The second-order valence-electron chi connectivity index (χ2n) is 8.91. The molecule has 0 aliphatic carbocycles. The molecule has 0 amide bonds. The Bertz CT molecular complexity index is 1160. The van der Waals surface area contributed by atoms with E-state index in [0.717, 1.165) is 27.9 Å². The fourth-order valence-corrected chi connectivity index (χ4v) is 4.26. The van der Waals surface area contributed by atoms with Gasteiger partial charge >= 0.3 is 0 Å². The van der Waals surface area contributed by atoms with Crippen molar-refractivity contribution >= 4 is 22.3 Å². The third kappa shape index (κ3) is 4.29. The summed E-state index contributed by atoms with van der Waals surface area (Å²) in [5, 5.41) is 0.559. The van der Waals surface area contributed by atoms with Gasteiger partial charge in [0.15, 0.2) is 0 Å². The molecule has 1 N–H and O–H groups in total. The Morgan fingerprint density at radius 2 is 1.83 bits per heavy atom. The highest BCUT2D eigenvalue weighted by Gasteiger charge is 2.29. The van der Waals surface area contributed by atoms with Crippen LogP contribution in [0.25, 0.3) is 22.3 Å². The summed E-state index contributed by atoms with van der Waals surface area (Å²) in [4.78, 5) is 22.5. The van der Waals surface area contributed by atoms with Gasteiger partial charge in [-0.1, -0.05) is 6.07 Å². The van der Waals surface area contributed by atoms with Crippen LogP contribution < -0.4 is 10.3 Å². The van der Waals surface area contributed by atoms with Crippen molar-refractivity contribution in [1.82, 2.24) is 19.3 Å². The zero-order valence-electron chi connectivity index (χ0n) is 19.0. The van der Waals surface area contributed by atoms with Gasteiger partial charge in [0.05, 0.1) is 16.9 Å². The van der Waals surface area contributed by atoms with Gasteiger partial charge in [0.1, 0.15) is 10.6 Å². The minimum atomic E-state index is -1.25. The van der Waals surface area contributed by atoms with Crippen molar-refractivity contribution in [2.75, 3.05) is 0 Å². The monoisotopic (exact) mass is 426 g/mol. The largest absolute Gasteiger partial charge is 0.598 e. The van der Waals surface area contributed by atoms with Crippen LogP contribution >= 0.6 is 0 Å². The van der Waals surface area contributed by atoms with Gasteiger partial charge in [-0.25, -0.2) is 4.98 Å². The summed E-state index contributed by atoms with van der Waals surface area (Å²) in [7, 11) is 1.74. The van der Waals surface area contributed by atoms with Crippen molar-refractivity contribution in [2.24, 2.45) is 7.05 Å². The van der Waals surface area contributed by atoms with Crippen LogP contribution in [0.5, 0.6) is 0 Å². The van der Waals surface area contributed by atoms with E-state index < -0.39 is 16.1 Å². The average molecular weight is 427 g/mol. The van der Waals surface area contributed by atoms with Crippen molar-refractivity contribution in [3.05, 3.63) is 57.1 Å². The fourth-order valence-electron chi connectivity index (χ4n) is 3.45. The summed E-state index contributed by atoms with van der Waals surface area (Å²) in [5.74, 6) is 0.576. The van der Waals surface area contributed by atoms with E-state index in [1.807, 2.05) is 66.7 Å². The molecule has 0 aliphatic rings. The maximum Gasteiger partial charge on any atom is 0.261 e. The van der Waals surface area contributed by atoms with Crippen LogP contribution in [0.4, 0.5) is 0 Å². The Morgan fingerprint density at radius 1 is 1.17 bits per heavy atom. The molecule has 0 saturated heterocycles. The molecule has 2 aromatic heterocycles. The molecular formula is C23H30N4O2S. The number of pyridine rings is 1. The topological polar surface area (TPSA) is 82.9 Å². The zero-order valence-corrected chi connectivity index (χ0v) is 19.8.